The number of aliphatic hydroxyl groups is 1. The Kier molecular flexibility index (Phi) is 7.61. The van der Waals surface area contributed by atoms with Gasteiger partial charge in [0.15, 0.2) is 17.6 Å². The lowest BCUT2D eigenvalue weighted by Gasteiger charge is -2.37. The molecule has 10 nitrogen and oxygen atoms in total. The number of hydrogen-bond acceptors (Lipinski definition) is 8. The number of hydrogen-bond donors (Lipinski definition) is 3. The molecule has 1 fully saturated rings. The molecule has 1 atom stereocenters. The molecule has 1 aliphatic heterocycles. The molecule has 0 radical (unpaired) electrons. The van der Waals surface area contributed by atoms with Gasteiger partial charge in [0.05, 0.1) is 13.2 Å². The van der Waals surface area contributed by atoms with Gasteiger partial charge in [-0.1, -0.05) is 11.6 Å². The Morgan fingerprint density at radius 3 is 2.67 bits per heavy atom. The van der Waals surface area contributed by atoms with Gasteiger partial charge in [0.25, 0.3) is 15.9 Å². The highest BCUT2D eigenvalue weighted by molar-refractivity contribution is 7.92. The third-order valence-corrected chi connectivity index (χ3v) is 8.05. The first kappa shape index (κ1) is 28.1. The number of nitrogens with zero attached hydrogens (tertiary/aromatic N) is 4. The summed E-state index contributed by atoms with van der Waals surface area (Å²) in [4.78, 5) is 9.68. The van der Waals surface area contributed by atoms with E-state index in [0.717, 1.165) is 12.1 Å². The van der Waals surface area contributed by atoms with Crippen molar-refractivity contribution in [3.8, 4) is 17.3 Å². The molecule has 0 unspecified atom stereocenters. The molecule has 0 aliphatic carbocycles. The molecule has 5 rings (SSSR count). The molecular formula is C25H24ClF3N6O4S. The number of ether oxygens (including phenoxy) is 1. The second kappa shape index (κ2) is 10.8. The molecule has 212 valence electrons. The molecule has 0 amide bonds. The number of aromatic amines is 1. The summed E-state index contributed by atoms with van der Waals surface area (Å²) < 4.78 is 77.4. The molecule has 1 aliphatic rings. The standard InChI is InChI=1S/C25H24ClF3N6O4S/c1-14-21-23(33-32-14)30-22(31-24(21)39-20-8-9-35(10-11-36)13-25(20,28)29)15-2-5-17(6-3-15)34-40(37,38)19-12-16(26)4-7-18(19)27/h2-7,12,20,34,36H,8-11,13H2,1H3,(H,30,31,32,33)/t20-/m1/s1. The van der Waals surface area contributed by atoms with Gasteiger partial charge in [-0.05, 0) is 49.4 Å². The average molecular weight is 597 g/mol. The van der Waals surface area contributed by atoms with Crippen LogP contribution in [-0.4, -0.2) is 76.9 Å². The summed E-state index contributed by atoms with van der Waals surface area (Å²) in [6.45, 7) is 1.38. The lowest BCUT2D eigenvalue weighted by molar-refractivity contribution is -0.141. The van der Waals surface area contributed by atoms with Crippen LogP contribution in [0.2, 0.25) is 5.02 Å². The minimum absolute atomic E-state index is 0.0206. The van der Waals surface area contributed by atoms with Crippen LogP contribution in [0.4, 0.5) is 18.9 Å². The number of aromatic nitrogens is 4. The number of fused-ring (bicyclic) bond motifs is 1. The van der Waals surface area contributed by atoms with Crippen LogP contribution < -0.4 is 9.46 Å². The zero-order valence-electron chi connectivity index (χ0n) is 21.0. The quantitative estimate of drug-likeness (QED) is 0.278. The third-order valence-electron chi connectivity index (χ3n) is 6.42. The number of alkyl halides is 2. The lowest BCUT2D eigenvalue weighted by Crippen LogP contribution is -2.54. The number of rotatable bonds is 8. The zero-order valence-corrected chi connectivity index (χ0v) is 22.6. The summed E-state index contributed by atoms with van der Waals surface area (Å²) >= 11 is 5.82. The normalized spacial score (nSPS) is 17.7. The number of sulfonamides is 1. The second-order valence-corrected chi connectivity index (χ2v) is 11.4. The van der Waals surface area contributed by atoms with Crippen molar-refractivity contribution in [1.29, 1.82) is 0 Å². The van der Waals surface area contributed by atoms with Gasteiger partial charge >= 0.3 is 0 Å². The molecule has 3 heterocycles. The fourth-order valence-electron chi connectivity index (χ4n) is 4.43. The number of anilines is 1. The number of β-amino-alcohol motifs (C(OH)–C–C–N with tert-alkyl or cyclic N) is 1. The van der Waals surface area contributed by atoms with Crippen molar-refractivity contribution < 1.29 is 31.4 Å². The van der Waals surface area contributed by atoms with Crippen LogP contribution in [0.25, 0.3) is 22.4 Å². The summed E-state index contributed by atoms with van der Waals surface area (Å²) in [5.74, 6) is -4.09. The number of halogens is 4. The molecule has 0 bridgehead atoms. The first-order valence-electron chi connectivity index (χ1n) is 12.2. The summed E-state index contributed by atoms with van der Waals surface area (Å²) in [6.07, 6.45) is -1.43. The molecule has 15 heteroatoms. The Morgan fingerprint density at radius 2 is 1.98 bits per heavy atom. The molecule has 0 spiro atoms. The highest BCUT2D eigenvalue weighted by atomic mass is 35.5. The Bertz CT molecular complexity index is 1650. The van der Waals surface area contributed by atoms with E-state index < -0.39 is 39.3 Å². The van der Waals surface area contributed by atoms with Gasteiger partial charge in [0.1, 0.15) is 16.1 Å². The van der Waals surface area contributed by atoms with Crippen LogP contribution in [0.3, 0.4) is 0 Å². The van der Waals surface area contributed by atoms with E-state index in [1.807, 2.05) is 0 Å². The third kappa shape index (κ3) is 5.70. The maximum atomic E-state index is 14.9. The summed E-state index contributed by atoms with van der Waals surface area (Å²) in [5.41, 5.74) is 1.30. The zero-order chi connectivity index (χ0) is 28.7. The van der Waals surface area contributed by atoms with Crippen molar-refractivity contribution in [1.82, 2.24) is 25.1 Å². The predicted molar refractivity (Wildman–Crippen MR) is 142 cm³/mol. The van der Waals surface area contributed by atoms with Crippen LogP contribution in [0.15, 0.2) is 47.4 Å². The van der Waals surface area contributed by atoms with E-state index in [2.05, 4.69) is 24.9 Å². The van der Waals surface area contributed by atoms with Crippen LogP contribution in [-0.2, 0) is 10.0 Å². The Balaban J connectivity index is 1.42. The largest absolute Gasteiger partial charge is 0.467 e. The van der Waals surface area contributed by atoms with E-state index in [9.17, 15) is 21.6 Å². The first-order chi connectivity index (χ1) is 19.0. The van der Waals surface area contributed by atoms with E-state index in [1.54, 1.807) is 6.92 Å². The van der Waals surface area contributed by atoms with Gasteiger partial charge in [0.2, 0.25) is 5.88 Å². The first-order valence-corrected chi connectivity index (χ1v) is 14.0. The maximum Gasteiger partial charge on any atom is 0.296 e. The van der Waals surface area contributed by atoms with Gasteiger partial charge in [-0.2, -0.15) is 10.1 Å². The predicted octanol–water partition coefficient (Wildman–Crippen LogP) is 4.00. The van der Waals surface area contributed by atoms with Gasteiger partial charge < -0.3 is 9.84 Å². The van der Waals surface area contributed by atoms with Crippen LogP contribution in [0.5, 0.6) is 5.88 Å². The summed E-state index contributed by atoms with van der Waals surface area (Å²) in [7, 11) is -4.28. The monoisotopic (exact) mass is 596 g/mol. The molecule has 4 aromatic rings. The second-order valence-electron chi connectivity index (χ2n) is 9.31. The Morgan fingerprint density at radius 1 is 1.23 bits per heavy atom. The van der Waals surface area contributed by atoms with E-state index in [1.165, 1.54) is 35.2 Å². The molecule has 0 saturated carbocycles. The molecule has 2 aromatic carbocycles. The van der Waals surface area contributed by atoms with Gasteiger partial charge in [-0.15, -0.1) is 0 Å². The van der Waals surface area contributed by atoms with Crippen LogP contribution >= 0.6 is 11.6 Å². The van der Waals surface area contributed by atoms with E-state index in [0.29, 0.717) is 23.2 Å². The molecule has 1 saturated heterocycles. The maximum absolute atomic E-state index is 14.9. The van der Waals surface area contributed by atoms with Crippen LogP contribution in [0.1, 0.15) is 12.1 Å². The van der Waals surface area contributed by atoms with E-state index in [-0.39, 0.29) is 47.6 Å². The Hall–Kier alpha value is -3.46. The van der Waals surface area contributed by atoms with Crippen molar-refractivity contribution in [3.63, 3.8) is 0 Å². The topological polar surface area (TPSA) is 133 Å². The SMILES string of the molecule is Cc1[nH]nc2nc(-c3ccc(NS(=O)(=O)c4cc(Cl)ccc4F)cc3)nc(O[C@@H]3CCN(CCO)CC3(F)F)c12. The number of aliphatic hydroxyl groups excluding tert-OH is 1. The van der Waals surface area contributed by atoms with Crippen molar-refractivity contribution >= 4 is 38.3 Å². The molecular weight excluding hydrogens is 573 g/mol. The van der Waals surface area contributed by atoms with Crippen molar-refractivity contribution in [2.24, 2.45) is 0 Å². The average Bonchev–Trinajstić information content (AvgIpc) is 3.28. The highest BCUT2D eigenvalue weighted by Crippen LogP contribution is 2.35. The number of nitrogens with one attached hydrogen (secondary N) is 2. The van der Waals surface area contributed by atoms with E-state index >= 15 is 0 Å². The number of piperidine rings is 1. The van der Waals surface area contributed by atoms with Crippen molar-refractivity contribution in [2.75, 3.05) is 31.0 Å². The summed E-state index contributed by atoms with van der Waals surface area (Å²) in [5, 5.41) is 16.4. The molecule has 40 heavy (non-hydrogen) atoms. The molecule has 2 aromatic heterocycles. The van der Waals surface area contributed by atoms with Gasteiger partial charge in [-0.25, -0.2) is 26.6 Å². The van der Waals surface area contributed by atoms with Gasteiger partial charge in [-0.3, -0.25) is 14.7 Å². The number of aryl methyl sites for hydroxylation is 1. The minimum Gasteiger partial charge on any atom is -0.467 e. The fraction of sp³-hybridized carbons (Fsp3) is 0.320. The number of likely N-dealkylation sites (tertiary alicyclic amines) is 1. The smallest absolute Gasteiger partial charge is 0.296 e. The number of benzene rings is 2. The number of H-pyrrole nitrogens is 1. The highest BCUT2D eigenvalue weighted by Gasteiger charge is 2.46. The molecule has 3 N–H and O–H groups in total. The fourth-order valence-corrected chi connectivity index (χ4v) is 5.83. The van der Waals surface area contributed by atoms with Gasteiger partial charge in [0, 0.05) is 41.5 Å². The van der Waals surface area contributed by atoms with Crippen molar-refractivity contribution in [3.05, 3.63) is 59.0 Å². The summed E-state index contributed by atoms with van der Waals surface area (Å²) in [6, 6.07) is 9.07. The minimum atomic E-state index is -4.28. The lowest BCUT2D eigenvalue weighted by atomic mass is 10.0. The van der Waals surface area contributed by atoms with E-state index in [4.69, 9.17) is 21.4 Å². The van der Waals surface area contributed by atoms with Crippen LogP contribution in [0, 0.1) is 12.7 Å². The van der Waals surface area contributed by atoms with Crippen molar-refractivity contribution in [2.45, 2.75) is 30.3 Å². The Labute approximate surface area is 232 Å².